The highest BCUT2D eigenvalue weighted by Gasteiger charge is 2.37. The van der Waals surface area contributed by atoms with Gasteiger partial charge in [0, 0.05) is 32.2 Å². The van der Waals surface area contributed by atoms with Crippen molar-refractivity contribution in [2.24, 2.45) is 18.4 Å². The maximum Gasteiger partial charge on any atom is 0.140 e. The lowest BCUT2D eigenvalue weighted by Gasteiger charge is -2.47. The van der Waals surface area contributed by atoms with Gasteiger partial charge >= 0.3 is 0 Å². The van der Waals surface area contributed by atoms with E-state index in [2.05, 4.69) is 54.9 Å². The lowest BCUT2D eigenvalue weighted by atomic mass is 9.82. The zero-order valence-corrected chi connectivity index (χ0v) is 14.4. The van der Waals surface area contributed by atoms with Crippen LogP contribution in [0.4, 0.5) is 0 Å². The minimum absolute atomic E-state index is 0.256. The summed E-state index contributed by atoms with van der Waals surface area (Å²) >= 11 is 0. The molecule has 0 bridgehead atoms. The van der Waals surface area contributed by atoms with E-state index in [1.165, 1.54) is 6.42 Å². The first-order chi connectivity index (χ1) is 9.82. The molecule has 5 heteroatoms. The van der Waals surface area contributed by atoms with Gasteiger partial charge in [-0.15, -0.1) is 0 Å². The summed E-state index contributed by atoms with van der Waals surface area (Å²) in [7, 11) is 1.97. The third kappa shape index (κ3) is 3.83. The zero-order valence-electron chi connectivity index (χ0n) is 14.4. The van der Waals surface area contributed by atoms with E-state index in [4.69, 9.17) is 0 Å². The molecule has 5 nitrogen and oxygen atoms in total. The highest BCUT2D eigenvalue weighted by atomic mass is 15.3. The molecule has 0 spiro atoms. The van der Waals surface area contributed by atoms with Crippen LogP contribution >= 0.6 is 0 Å². The summed E-state index contributed by atoms with van der Waals surface area (Å²) in [4.78, 5) is 7.00. The molecule has 1 N–H and O–H groups in total. The second-order valence-corrected chi connectivity index (χ2v) is 7.51. The van der Waals surface area contributed by atoms with Gasteiger partial charge in [0.2, 0.25) is 0 Å². The average molecular weight is 293 g/mol. The number of aryl methyl sites for hydroxylation is 1. The zero-order chi connectivity index (χ0) is 15.6. The van der Waals surface area contributed by atoms with Crippen molar-refractivity contribution < 1.29 is 0 Å². The van der Waals surface area contributed by atoms with Crippen LogP contribution in [0.25, 0.3) is 0 Å². The van der Waals surface area contributed by atoms with Crippen LogP contribution in [-0.2, 0) is 13.6 Å². The van der Waals surface area contributed by atoms with Gasteiger partial charge in [-0.2, -0.15) is 5.10 Å². The van der Waals surface area contributed by atoms with Gasteiger partial charge < -0.3 is 5.32 Å². The van der Waals surface area contributed by atoms with Gasteiger partial charge in [-0.05, 0) is 11.3 Å². The smallest absolute Gasteiger partial charge is 0.140 e. The first-order valence-corrected chi connectivity index (χ1v) is 8.13. The minimum Gasteiger partial charge on any atom is -0.311 e. The maximum absolute atomic E-state index is 4.41. The lowest BCUT2D eigenvalue weighted by molar-refractivity contribution is 0.0352. The average Bonchev–Trinajstić information content (AvgIpc) is 2.82. The molecule has 0 saturated carbocycles. The molecular weight excluding hydrogens is 262 g/mol. The predicted molar refractivity (Wildman–Crippen MR) is 85.9 cm³/mol. The van der Waals surface area contributed by atoms with Crippen molar-refractivity contribution in [1.29, 1.82) is 0 Å². The van der Waals surface area contributed by atoms with Crippen LogP contribution in [0, 0.1) is 11.3 Å². The van der Waals surface area contributed by atoms with Crippen molar-refractivity contribution in [3.05, 3.63) is 12.2 Å². The topological polar surface area (TPSA) is 46.0 Å². The normalized spacial score (nSPS) is 26.0. The van der Waals surface area contributed by atoms with E-state index in [1.807, 2.05) is 11.7 Å². The quantitative estimate of drug-likeness (QED) is 0.923. The summed E-state index contributed by atoms with van der Waals surface area (Å²) in [5.41, 5.74) is 0.256. The maximum atomic E-state index is 4.41. The molecule has 0 radical (unpaired) electrons. The van der Waals surface area contributed by atoms with Crippen molar-refractivity contribution in [1.82, 2.24) is 25.0 Å². The molecule has 1 fully saturated rings. The van der Waals surface area contributed by atoms with Gasteiger partial charge in [0.15, 0.2) is 0 Å². The number of hydrogen-bond donors (Lipinski definition) is 1. The van der Waals surface area contributed by atoms with Gasteiger partial charge in [0.25, 0.3) is 0 Å². The van der Waals surface area contributed by atoms with Gasteiger partial charge in [-0.25, -0.2) is 4.98 Å². The molecule has 0 aromatic carbocycles. The van der Waals surface area contributed by atoms with Crippen LogP contribution < -0.4 is 5.32 Å². The van der Waals surface area contributed by atoms with E-state index in [0.717, 1.165) is 25.5 Å². The lowest BCUT2D eigenvalue weighted by Crippen LogP contribution is -2.61. The summed E-state index contributed by atoms with van der Waals surface area (Å²) < 4.78 is 1.89. The monoisotopic (exact) mass is 293 g/mol. The Kier molecular flexibility index (Phi) is 5.04. The molecule has 120 valence electrons. The number of rotatable bonds is 4. The molecule has 0 aliphatic carbocycles. The minimum atomic E-state index is 0.256. The number of piperazine rings is 1. The molecule has 1 aromatic rings. The van der Waals surface area contributed by atoms with Crippen molar-refractivity contribution >= 4 is 0 Å². The fourth-order valence-corrected chi connectivity index (χ4v) is 3.18. The van der Waals surface area contributed by atoms with E-state index in [0.29, 0.717) is 18.0 Å². The van der Waals surface area contributed by atoms with Crippen LogP contribution in [0.15, 0.2) is 6.33 Å². The van der Waals surface area contributed by atoms with Crippen LogP contribution in [0.3, 0.4) is 0 Å². The Morgan fingerprint density at radius 2 is 2.14 bits per heavy atom. The fraction of sp³-hybridized carbons (Fsp3) is 0.875. The predicted octanol–water partition coefficient (Wildman–Crippen LogP) is 2.05. The van der Waals surface area contributed by atoms with Crippen LogP contribution in [0.2, 0.25) is 0 Å². The van der Waals surface area contributed by atoms with Crippen molar-refractivity contribution in [2.45, 2.75) is 59.7 Å². The summed E-state index contributed by atoms with van der Waals surface area (Å²) in [6, 6.07) is 1.09. The summed E-state index contributed by atoms with van der Waals surface area (Å²) in [5.74, 6) is 1.75. The standard InChI is InChI=1S/C16H31N5/c1-7-12(2)13-9-21(10-15-18-11-19-20(15)6)14(8-17-13)16(3,4)5/h11-14,17H,7-10H2,1-6H3. The van der Waals surface area contributed by atoms with Crippen LogP contribution in [0.5, 0.6) is 0 Å². The van der Waals surface area contributed by atoms with Crippen LogP contribution in [0.1, 0.15) is 46.9 Å². The largest absolute Gasteiger partial charge is 0.311 e. The molecule has 1 saturated heterocycles. The molecule has 1 aromatic heterocycles. The van der Waals surface area contributed by atoms with Gasteiger partial charge in [0.1, 0.15) is 12.2 Å². The second kappa shape index (κ2) is 6.44. The molecule has 1 aliphatic heterocycles. The Morgan fingerprint density at radius 3 is 2.67 bits per heavy atom. The van der Waals surface area contributed by atoms with E-state index >= 15 is 0 Å². The third-order valence-electron chi connectivity index (χ3n) is 4.93. The van der Waals surface area contributed by atoms with E-state index in [9.17, 15) is 0 Å². The van der Waals surface area contributed by atoms with Crippen molar-refractivity contribution in [3.63, 3.8) is 0 Å². The molecule has 0 amide bonds. The number of hydrogen-bond acceptors (Lipinski definition) is 4. The first-order valence-electron chi connectivity index (χ1n) is 8.13. The Labute approximate surface area is 129 Å². The highest BCUT2D eigenvalue weighted by molar-refractivity contribution is 4.96. The summed E-state index contributed by atoms with van der Waals surface area (Å²) in [6.07, 6.45) is 2.87. The molecule has 2 heterocycles. The Bertz CT molecular complexity index is 448. The van der Waals surface area contributed by atoms with Gasteiger partial charge in [0.05, 0.1) is 6.54 Å². The van der Waals surface area contributed by atoms with E-state index in [1.54, 1.807) is 6.33 Å². The Hall–Kier alpha value is -0.940. The SMILES string of the molecule is CCC(C)C1CN(Cc2ncnn2C)C(C(C)(C)C)CN1. The third-order valence-corrected chi connectivity index (χ3v) is 4.93. The molecular formula is C16H31N5. The Balaban J connectivity index is 2.15. The molecule has 3 unspecified atom stereocenters. The van der Waals surface area contributed by atoms with Crippen LogP contribution in [-0.4, -0.2) is 44.8 Å². The van der Waals surface area contributed by atoms with E-state index in [-0.39, 0.29) is 5.41 Å². The molecule has 2 rings (SSSR count). The number of nitrogens with one attached hydrogen (secondary N) is 1. The van der Waals surface area contributed by atoms with Gasteiger partial charge in [-0.1, -0.05) is 41.0 Å². The molecule has 21 heavy (non-hydrogen) atoms. The summed E-state index contributed by atoms with van der Waals surface area (Å²) in [6.45, 7) is 14.6. The first kappa shape index (κ1) is 16.4. The molecule has 1 aliphatic rings. The van der Waals surface area contributed by atoms with E-state index < -0.39 is 0 Å². The van der Waals surface area contributed by atoms with Crippen molar-refractivity contribution in [3.8, 4) is 0 Å². The summed E-state index contributed by atoms with van der Waals surface area (Å²) in [5, 5.41) is 7.97. The fourth-order valence-electron chi connectivity index (χ4n) is 3.18. The van der Waals surface area contributed by atoms with Crippen molar-refractivity contribution in [2.75, 3.05) is 13.1 Å². The Morgan fingerprint density at radius 1 is 1.43 bits per heavy atom. The number of aromatic nitrogens is 3. The second-order valence-electron chi connectivity index (χ2n) is 7.51. The number of nitrogens with zero attached hydrogens (tertiary/aromatic N) is 4. The van der Waals surface area contributed by atoms with Gasteiger partial charge in [-0.3, -0.25) is 9.58 Å². The molecule has 3 atom stereocenters. The highest BCUT2D eigenvalue weighted by Crippen LogP contribution is 2.29.